The number of ether oxygens (including phenoxy) is 1. The van der Waals surface area contributed by atoms with Crippen molar-refractivity contribution in [3.63, 3.8) is 0 Å². The molecule has 0 aliphatic heterocycles. The summed E-state index contributed by atoms with van der Waals surface area (Å²) in [5.74, 6) is 0.0388. The monoisotopic (exact) mass is 335 g/mol. The van der Waals surface area contributed by atoms with Gasteiger partial charge in [0, 0.05) is 11.6 Å². The molecule has 2 rings (SSSR count). The van der Waals surface area contributed by atoms with Crippen molar-refractivity contribution in [1.82, 2.24) is 5.32 Å². The van der Waals surface area contributed by atoms with Crippen LogP contribution in [0, 0.1) is 5.82 Å². The third-order valence-corrected chi connectivity index (χ3v) is 3.36. The molecular weight excluding hydrogens is 317 g/mol. The van der Waals surface area contributed by atoms with Crippen molar-refractivity contribution < 1.29 is 13.9 Å². The molecule has 122 valence electrons. The summed E-state index contributed by atoms with van der Waals surface area (Å²) in [6, 6.07) is 11.8. The Hall–Kier alpha value is -2.07. The van der Waals surface area contributed by atoms with Gasteiger partial charge in [0.15, 0.2) is 0 Å². The molecule has 0 spiro atoms. The zero-order valence-electron chi connectivity index (χ0n) is 13.1. The molecule has 2 aromatic rings. The normalized spacial score (nSPS) is 10.7. The lowest BCUT2D eigenvalue weighted by molar-refractivity contribution is -0.120. The van der Waals surface area contributed by atoms with E-state index in [1.807, 2.05) is 38.1 Å². The van der Waals surface area contributed by atoms with Crippen LogP contribution in [0.4, 0.5) is 4.39 Å². The maximum absolute atomic E-state index is 13.7. The second-order valence-corrected chi connectivity index (χ2v) is 5.94. The molecule has 5 heteroatoms. The summed E-state index contributed by atoms with van der Waals surface area (Å²) < 4.78 is 19.3. The molecule has 1 amide bonds. The van der Waals surface area contributed by atoms with Gasteiger partial charge in [0.25, 0.3) is 0 Å². The van der Waals surface area contributed by atoms with E-state index >= 15 is 0 Å². The largest absolute Gasteiger partial charge is 0.491 e. The lowest BCUT2D eigenvalue weighted by Gasteiger charge is -2.11. The second-order valence-electron chi connectivity index (χ2n) is 5.50. The Morgan fingerprint density at radius 1 is 1.26 bits per heavy atom. The minimum Gasteiger partial charge on any atom is -0.491 e. The maximum atomic E-state index is 13.7. The van der Waals surface area contributed by atoms with Crippen molar-refractivity contribution in [3.05, 3.63) is 64.4 Å². The van der Waals surface area contributed by atoms with Gasteiger partial charge < -0.3 is 10.1 Å². The molecule has 0 fully saturated rings. The Labute approximate surface area is 140 Å². The fourth-order valence-corrected chi connectivity index (χ4v) is 2.26. The topological polar surface area (TPSA) is 38.3 Å². The van der Waals surface area contributed by atoms with Crippen LogP contribution in [0.2, 0.25) is 5.02 Å². The number of carbonyl (C=O) groups excluding carboxylic acids is 1. The summed E-state index contributed by atoms with van der Waals surface area (Å²) in [6.07, 6.45) is 0.0679. The van der Waals surface area contributed by atoms with E-state index in [-0.39, 0.29) is 18.4 Å². The Kier molecular flexibility index (Phi) is 5.99. The Morgan fingerprint density at radius 2 is 2.04 bits per heavy atom. The number of benzene rings is 2. The Morgan fingerprint density at radius 3 is 2.74 bits per heavy atom. The summed E-state index contributed by atoms with van der Waals surface area (Å²) in [5, 5.41) is 3.09. The minimum absolute atomic E-state index is 0.0226. The van der Waals surface area contributed by atoms with Gasteiger partial charge in [0.05, 0.1) is 12.5 Å². The zero-order valence-corrected chi connectivity index (χ0v) is 13.9. The highest BCUT2D eigenvalue weighted by atomic mass is 35.5. The van der Waals surface area contributed by atoms with Gasteiger partial charge >= 0.3 is 0 Å². The van der Waals surface area contributed by atoms with Crippen molar-refractivity contribution in [2.45, 2.75) is 32.9 Å². The van der Waals surface area contributed by atoms with Gasteiger partial charge in [0.1, 0.15) is 11.6 Å². The average Bonchev–Trinajstić information content (AvgIpc) is 2.48. The number of carbonyl (C=O) groups is 1. The average molecular weight is 336 g/mol. The van der Waals surface area contributed by atoms with Gasteiger partial charge in [0.2, 0.25) is 5.91 Å². The number of halogens is 2. The summed E-state index contributed by atoms with van der Waals surface area (Å²) in [6.45, 7) is 4.27. The third kappa shape index (κ3) is 5.57. The molecule has 2 aromatic carbocycles. The molecule has 1 N–H and O–H groups in total. The van der Waals surface area contributed by atoms with Crippen molar-refractivity contribution in [2.24, 2.45) is 0 Å². The fourth-order valence-electron chi connectivity index (χ4n) is 2.10. The zero-order chi connectivity index (χ0) is 16.8. The van der Waals surface area contributed by atoms with Gasteiger partial charge in [-0.3, -0.25) is 4.79 Å². The standard InChI is InChI=1S/C18H19ClFNO2/c1-12(2)23-16-5-3-4-13(8-16)11-21-18(22)9-14-6-7-15(19)10-17(14)20/h3-8,10,12H,9,11H2,1-2H3,(H,21,22). The number of hydrogen-bond donors (Lipinski definition) is 1. The van der Waals surface area contributed by atoms with Crippen LogP contribution < -0.4 is 10.1 Å². The van der Waals surface area contributed by atoms with Crippen molar-refractivity contribution in [2.75, 3.05) is 0 Å². The Balaban J connectivity index is 1.91. The first kappa shape index (κ1) is 17.3. The second kappa shape index (κ2) is 7.97. The smallest absolute Gasteiger partial charge is 0.224 e. The quantitative estimate of drug-likeness (QED) is 0.862. The SMILES string of the molecule is CC(C)Oc1cccc(CNC(=O)Cc2ccc(Cl)cc2F)c1. The minimum atomic E-state index is -0.472. The van der Waals surface area contributed by atoms with Crippen molar-refractivity contribution in [1.29, 1.82) is 0 Å². The van der Waals surface area contributed by atoms with E-state index in [2.05, 4.69) is 5.32 Å². The lowest BCUT2D eigenvalue weighted by atomic mass is 10.1. The van der Waals surface area contributed by atoms with Crippen LogP contribution in [0.15, 0.2) is 42.5 Å². The first-order valence-corrected chi connectivity index (χ1v) is 7.78. The van der Waals surface area contributed by atoms with Crippen LogP contribution in [-0.4, -0.2) is 12.0 Å². The molecule has 0 aliphatic carbocycles. The molecule has 0 radical (unpaired) electrons. The fraction of sp³-hybridized carbons (Fsp3) is 0.278. The van der Waals surface area contributed by atoms with E-state index < -0.39 is 5.82 Å². The summed E-state index contributed by atoms with van der Waals surface area (Å²) >= 11 is 5.69. The van der Waals surface area contributed by atoms with Gasteiger partial charge in [-0.1, -0.05) is 29.8 Å². The highest BCUT2D eigenvalue weighted by Gasteiger charge is 2.09. The molecule has 0 unspecified atom stereocenters. The van der Waals surface area contributed by atoms with Crippen LogP contribution in [-0.2, 0) is 17.8 Å². The molecule has 3 nitrogen and oxygen atoms in total. The van der Waals surface area contributed by atoms with E-state index in [0.29, 0.717) is 17.1 Å². The molecule has 0 atom stereocenters. The molecule has 0 heterocycles. The maximum Gasteiger partial charge on any atom is 0.224 e. The number of rotatable bonds is 6. The van der Waals surface area contributed by atoms with E-state index in [9.17, 15) is 9.18 Å². The van der Waals surface area contributed by atoms with Gasteiger partial charge in [-0.05, 0) is 49.2 Å². The molecule has 0 bridgehead atoms. The first-order valence-electron chi connectivity index (χ1n) is 7.40. The molecule has 0 aliphatic rings. The summed E-state index contributed by atoms with van der Waals surface area (Å²) in [4.78, 5) is 11.9. The van der Waals surface area contributed by atoms with Gasteiger partial charge in [-0.2, -0.15) is 0 Å². The van der Waals surface area contributed by atoms with Crippen LogP contribution in [0.3, 0.4) is 0 Å². The molecule has 0 aromatic heterocycles. The summed E-state index contributed by atoms with van der Waals surface area (Å²) in [5.41, 5.74) is 1.25. The molecular formula is C18H19ClFNO2. The number of nitrogens with one attached hydrogen (secondary N) is 1. The predicted octanol–water partition coefficient (Wildman–Crippen LogP) is 4.13. The van der Waals surface area contributed by atoms with E-state index in [4.69, 9.17) is 16.3 Å². The predicted molar refractivity (Wildman–Crippen MR) is 89.2 cm³/mol. The third-order valence-electron chi connectivity index (χ3n) is 3.13. The number of hydrogen-bond acceptors (Lipinski definition) is 2. The summed E-state index contributed by atoms with van der Waals surface area (Å²) in [7, 11) is 0. The first-order chi connectivity index (χ1) is 10.9. The Bertz CT molecular complexity index is 688. The van der Waals surface area contributed by atoms with Gasteiger partial charge in [-0.15, -0.1) is 0 Å². The van der Waals surface area contributed by atoms with E-state index in [0.717, 1.165) is 11.3 Å². The van der Waals surface area contributed by atoms with E-state index in [1.54, 1.807) is 6.07 Å². The highest BCUT2D eigenvalue weighted by molar-refractivity contribution is 6.30. The van der Waals surface area contributed by atoms with Crippen LogP contribution in [0.25, 0.3) is 0 Å². The highest BCUT2D eigenvalue weighted by Crippen LogP contribution is 2.16. The van der Waals surface area contributed by atoms with Crippen molar-refractivity contribution >= 4 is 17.5 Å². The molecule has 23 heavy (non-hydrogen) atoms. The molecule has 0 saturated carbocycles. The molecule has 0 saturated heterocycles. The van der Waals surface area contributed by atoms with Crippen LogP contribution in [0.1, 0.15) is 25.0 Å². The van der Waals surface area contributed by atoms with Crippen LogP contribution in [0.5, 0.6) is 5.75 Å². The van der Waals surface area contributed by atoms with Gasteiger partial charge in [-0.25, -0.2) is 4.39 Å². The number of amides is 1. The lowest BCUT2D eigenvalue weighted by Crippen LogP contribution is -2.25. The van der Waals surface area contributed by atoms with Crippen LogP contribution >= 0.6 is 11.6 Å². The van der Waals surface area contributed by atoms with Crippen molar-refractivity contribution in [3.8, 4) is 5.75 Å². The van der Waals surface area contributed by atoms with E-state index in [1.165, 1.54) is 12.1 Å².